The zero-order valence-electron chi connectivity index (χ0n) is 24.2. The van der Waals surface area contributed by atoms with E-state index in [0.717, 1.165) is 72.9 Å². The minimum absolute atomic E-state index is 0.603. The van der Waals surface area contributed by atoms with E-state index in [4.69, 9.17) is 19.4 Å². The number of fused-ring (bicyclic) bond motifs is 5. The van der Waals surface area contributed by atoms with Crippen molar-refractivity contribution in [2.75, 3.05) is 11.9 Å². The molecule has 5 heteroatoms. The molecule has 0 saturated carbocycles. The Morgan fingerprint density at radius 3 is 2.07 bits per heavy atom. The van der Waals surface area contributed by atoms with E-state index in [-0.39, 0.29) is 0 Å². The molecule has 8 aromatic rings. The molecule has 45 heavy (non-hydrogen) atoms. The summed E-state index contributed by atoms with van der Waals surface area (Å²) in [7, 11) is 0. The van der Waals surface area contributed by atoms with Crippen LogP contribution in [0.3, 0.4) is 0 Å². The highest BCUT2D eigenvalue weighted by molar-refractivity contribution is 6.17. The van der Waals surface area contributed by atoms with E-state index in [0.29, 0.717) is 17.5 Å². The van der Waals surface area contributed by atoms with Gasteiger partial charge >= 0.3 is 0 Å². The minimum Gasteiger partial charge on any atom is -0.455 e. The first-order chi connectivity index (χ1) is 22.3. The fraction of sp³-hybridized carbons (Fsp3) is 0.0250. The van der Waals surface area contributed by atoms with Gasteiger partial charge in [-0.25, -0.2) is 15.0 Å². The van der Waals surface area contributed by atoms with Crippen LogP contribution in [0.5, 0.6) is 0 Å². The van der Waals surface area contributed by atoms with E-state index in [2.05, 4.69) is 108 Å². The summed E-state index contributed by atoms with van der Waals surface area (Å²) in [5.74, 6) is 1.86. The summed E-state index contributed by atoms with van der Waals surface area (Å²) >= 11 is 0. The maximum Gasteiger partial charge on any atom is 0.164 e. The summed E-state index contributed by atoms with van der Waals surface area (Å²) in [6.45, 7) is 0.796. The van der Waals surface area contributed by atoms with Crippen LogP contribution < -0.4 is 5.32 Å². The van der Waals surface area contributed by atoms with Gasteiger partial charge in [0.05, 0.1) is 0 Å². The summed E-state index contributed by atoms with van der Waals surface area (Å²) in [6, 6.07) is 43.7. The molecule has 6 aromatic carbocycles. The molecule has 0 saturated heterocycles. The lowest BCUT2D eigenvalue weighted by Gasteiger charge is -2.13. The van der Waals surface area contributed by atoms with Gasteiger partial charge in [0.25, 0.3) is 0 Å². The number of nitrogens with one attached hydrogen (secondary N) is 1. The Morgan fingerprint density at radius 2 is 1.24 bits per heavy atom. The predicted octanol–water partition coefficient (Wildman–Crippen LogP) is 10.0. The molecule has 212 valence electrons. The van der Waals surface area contributed by atoms with Gasteiger partial charge in [0, 0.05) is 51.3 Å². The Balaban J connectivity index is 1.34. The van der Waals surface area contributed by atoms with E-state index < -0.39 is 0 Å². The third kappa shape index (κ3) is 4.36. The van der Waals surface area contributed by atoms with Crippen LogP contribution in [0.25, 0.3) is 84.1 Å². The predicted molar refractivity (Wildman–Crippen MR) is 184 cm³/mol. The van der Waals surface area contributed by atoms with Crippen LogP contribution in [0.4, 0.5) is 5.69 Å². The van der Waals surface area contributed by atoms with Crippen LogP contribution in [0.1, 0.15) is 5.56 Å². The lowest BCUT2D eigenvalue weighted by Crippen LogP contribution is -2.03. The average molecular weight is 579 g/mol. The molecular weight excluding hydrogens is 552 g/mol. The summed E-state index contributed by atoms with van der Waals surface area (Å²) in [4.78, 5) is 15.2. The molecule has 0 fully saturated rings. The summed E-state index contributed by atoms with van der Waals surface area (Å²) in [5, 5.41) is 7.80. The highest BCUT2D eigenvalue weighted by Crippen LogP contribution is 2.43. The van der Waals surface area contributed by atoms with Crippen LogP contribution >= 0.6 is 0 Å². The van der Waals surface area contributed by atoms with Crippen molar-refractivity contribution in [2.24, 2.45) is 0 Å². The number of hydrogen-bond acceptors (Lipinski definition) is 5. The van der Waals surface area contributed by atoms with Gasteiger partial charge in [0.2, 0.25) is 0 Å². The van der Waals surface area contributed by atoms with E-state index in [1.807, 2.05) is 36.4 Å². The van der Waals surface area contributed by atoms with Gasteiger partial charge in [-0.15, -0.1) is 0 Å². The fourth-order valence-corrected chi connectivity index (χ4v) is 6.29. The molecule has 1 aliphatic rings. The van der Waals surface area contributed by atoms with Crippen molar-refractivity contribution in [3.8, 4) is 45.3 Å². The number of benzene rings is 6. The molecule has 9 rings (SSSR count). The zero-order chi connectivity index (χ0) is 29.7. The van der Waals surface area contributed by atoms with Crippen LogP contribution in [-0.4, -0.2) is 21.5 Å². The molecule has 1 aliphatic heterocycles. The first kappa shape index (κ1) is 25.4. The number of furan rings is 1. The smallest absolute Gasteiger partial charge is 0.164 e. The van der Waals surface area contributed by atoms with Crippen molar-refractivity contribution < 1.29 is 4.42 Å². The highest BCUT2D eigenvalue weighted by atomic mass is 16.3. The van der Waals surface area contributed by atoms with Crippen molar-refractivity contribution in [3.05, 3.63) is 139 Å². The van der Waals surface area contributed by atoms with Gasteiger partial charge in [-0.3, -0.25) is 0 Å². The quantitative estimate of drug-likeness (QED) is 0.225. The second-order valence-corrected chi connectivity index (χ2v) is 11.3. The monoisotopic (exact) mass is 578 g/mol. The Labute approximate surface area is 259 Å². The molecular formula is C40H26N4O. The van der Waals surface area contributed by atoms with Crippen LogP contribution in [-0.2, 0) is 0 Å². The Morgan fingerprint density at radius 1 is 0.556 bits per heavy atom. The Hall–Kier alpha value is -6.07. The SMILES string of the molecule is C1=Cc2cc3c(cc2NC1)oc1c(-c2ccccc2)ccc(-c2nc(-c4ccccc4)nc(-c4ccc5ccccc5c4)n2)c13. The zero-order valence-corrected chi connectivity index (χ0v) is 24.2. The molecule has 5 nitrogen and oxygen atoms in total. The summed E-state index contributed by atoms with van der Waals surface area (Å²) < 4.78 is 6.71. The molecule has 0 amide bonds. The number of nitrogens with zero attached hydrogens (tertiary/aromatic N) is 3. The normalized spacial score (nSPS) is 12.4. The minimum atomic E-state index is 0.603. The van der Waals surface area contributed by atoms with Gasteiger partial charge in [-0.05, 0) is 46.2 Å². The van der Waals surface area contributed by atoms with Crippen molar-refractivity contribution in [2.45, 2.75) is 0 Å². The second kappa shape index (κ2) is 10.3. The van der Waals surface area contributed by atoms with Crippen molar-refractivity contribution in [1.29, 1.82) is 0 Å². The molecule has 0 unspecified atom stereocenters. The summed E-state index contributed by atoms with van der Waals surface area (Å²) in [5.41, 5.74) is 8.72. The standard InChI is InChI=1S/C40H26N4O/c1-3-11-26(12-4-1)31-19-20-32(36-33-23-29-16-9-21-41-34(29)24-35(33)45-37(31)36)40-43-38(27-13-5-2-6-14-27)42-39(44-40)30-18-17-25-10-7-8-15-28(25)22-30/h1-20,22-24,41H,21H2. The van der Waals surface area contributed by atoms with E-state index in [9.17, 15) is 0 Å². The maximum atomic E-state index is 6.71. The number of rotatable bonds is 4. The van der Waals surface area contributed by atoms with E-state index in [1.54, 1.807) is 0 Å². The first-order valence-electron chi connectivity index (χ1n) is 15.1. The fourth-order valence-electron chi connectivity index (χ4n) is 6.29. The molecule has 2 aromatic heterocycles. The molecule has 0 bridgehead atoms. The van der Waals surface area contributed by atoms with Gasteiger partial charge in [0.15, 0.2) is 17.5 Å². The number of hydrogen-bond donors (Lipinski definition) is 1. The highest BCUT2D eigenvalue weighted by Gasteiger charge is 2.22. The van der Waals surface area contributed by atoms with Crippen molar-refractivity contribution in [1.82, 2.24) is 15.0 Å². The second-order valence-electron chi connectivity index (χ2n) is 11.3. The van der Waals surface area contributed by atoms with E-state index in [1.165, 1.54) is 5.39 Å². The Bertz CT molecular complexity index is 2430. The number of anilines is 1. The van der Waals surface area contributed by atoms with Crippen LogP contribution in [0.2, 0.25) is 0 Å². The summed E-state index contributed by atoms with van der Waals surface area (Å²) in [6.07, 6.45) is 4.31. The molecule has 0 atom stereocenters. The van der Waals surface area contributed by atoms with Crippen LogP contribution in [0.15, 0.2) is 138 Å². The number of aromatic nitrogens is 3. The molecule has 3 heterocycles. The van der Waals surface area contributed by atoms with Crippen molar-refractivity contribution in [3.63, 3.8) is 0 Å². The third-order valence-electron chi connectivity index (χ3n) is 8.50. The molecule has 0 spiro atoms. The third-order valence-corrected chi connectivity index (χ3v) is 8.50. The van der Waals surface area contributed by atoms with Gasteiger partial charge in [-0.2, -0.15) is 0 Å². The lowest BCUT2D eigenvalue weighted by molar-refractivity contribution is 0.670. The van der Waals surface area contributed by atoms with E-state index >= 15 is 0 Å². The van der Waals surface area contributed by atoms with Gasteiger partial charge < -0.3 is 9.73 Å². The van der Waals surface area contributed by atoms with Crippen LogP contribution in [0, 0.1) is 0 Å². The molecule has 0 radical (unpaired) electrons. The average Bonchev–Trinajstić information content (AvgIpc) is 3.49. The topological polar surface area (TPSA) is 63.8 Å². The molecule has 0 aliphatic carbocycles. The van der Waals surface area contributed by atoms with Gasteiger partial charge in [-0.1, -0.05) is 109 Å². The molecule has 1 N–H and O–H groups in total. The first-order valence-corrected chi connectivity index (χ1v) is 15.1. The van der Waals surface area contributed by atoms with Crippen molar-refractivity contribution >= 4 is 44.5 Å². The Kier molecular flexibility index (Phi) is 5.81. The lowest BCUT2D eigenvalue weighted by atomic mass is 9.97. The maximum absolute atomic E-state index is 6.71. The largest absolute Gasteiger partial charge is 0.455 e. The van der Waals surface area contributed by atoms with Gasteiger partial charge in [0.1, 0.15) is 11.2 Å².